The lowest BCUT2D eigenvalue weighted by molar-refractivity contribution is 0.581. The Morgan fingerprint density at radius 1 is 1.62 bits per heavy atom. The highest BCUT2D eigenvalue weighted by Gasteiger charge is 2.15. The van der Waals surface area contributed by atoms with Gasteiger partial charge in [0.1, 0.15) is 5.15 Å². The van der Waals surface area contributed by atoms with Crippen molar-refractivity contribution < 1.29 is 8.42 Å². The molecular formula is C9H13ClN2O2S2. The molecule has 90 valence electrons. The summed E-state index contributed by atoms with van der Waals surface area (Å²) in [6.45, 7) is 2.34. The number of halogens is 1. The first-order valence-corrected chi connectivity index (χ1v) is 7.74. The lowest BCUT2D eigenvalue weighted by atomic mass is 10.5. The van der Waals surface area contributed by atoms with Crippen LogP contribution in [0.4, 0.5) is 0 Å². The van der Waals surface area contributed by atoms with Gasteiger partial charge in [-0.3, -0.25) is 0 Å². The van der Waals surface area contributed by atoms with Gasteiger partial charge in [-0.2, -0.15) is 11.8 Å². The maximum atomic E-state index is 11.8. The van der Waals surface area contributed by atoms with Gasteiger partial charge in [0.05, 0.1) is 4.90 Å². The van der Waals surface area contributed by atoms with E-state index in [0.717, 1.165) is 0 Å². The molecule has 0 spiro atoms. The smallest absolute Gasteiger partial charge is 0.240 e. The zero-order chi connectivity index (χ0) is 12.2. The zero-order valence-corrected chi connectivity index (χ0v) is 11.4. The highest BCUT2D eigenvalue weighted by atomic mass is 35.5. The van der Waals surface area contributed by atoms with E-state index in [1.165, 1.54) is 18.3 Å². The van der Waals surface area contributed by atoms with E-state index in [-0.39, 0.29) is 15.3 Å². The summed E-state index contributed by atoms with van der Waals surface area (Å²) >= 11 is 7.23. The van der Waals surface area contributed by atoms with Crippen LogP contribution in [0.5, 0.6) is 0 Å². The second-order valence-electron chi connectivity index (χ2n) is 3.21. The highest BCUT2D eigenvalue weighted by molar-refractivity contribution is 7.99. The van der Waals surface area contributed by atoms with Crippen LogP contribution in [0.15, 0.2) is 23.2 Å². The fourth-order valence-corrected chi connectivity index (χ4v) is 2.68. The molecule has 0 saturated heterocycles. The SMILES string of the molecule is CSC(C)CNS(=O)(=O)c1ccnc(Cl)c1. The molecule has 1 aromatic heterocycles. The van der Waals surface area contributed by atoms with Crippen LogP contribution >= 0.6 is 23.4 Å². The third kappa shape index (κ3) is 3.93. The summed E-state index contributed by atoms with van der Waals surface area (Å²) in [6.07, 6.45) is 3.30. The molecule has 16 heavy (non-hydrogen) atoms. The van der Waals surface area contributed by atoms with Gasteiger partial charge < -0.3 is 0 Å². The highest BCUT2D eigenvalue weighted by Crippen LogP contribution is 2.13. The van der Waals surface area contributed by atoms with Crippen molar-refractivity contribution in [1.29, 1.82) is 0 Å². The fraction of sp³-hybridized carbons (Fsp3) is 0.444. The molecule has 0 radical (unpaired) electrons. The predicted molar refractivity (Wildman–Crippen MR) is 67.4 cm³/mol. The Labute approximate surface area is 105 Å². The number of sulfonamides is 1. The average Bonchev–Trinajstić information content (AvgIpc) is 2.26. The van der Waals surface area contributed by atoms with Crippen LogP contribution in [0.2, 0.25) is 5.15 Å². The van der Waals surface area contributed by atoms with Gasteiger partial charge in [-0.25, -0.2) is 18.1 Å². The lowest BCUT2D eigenvalue weighted by Gasteiger charge is -2.10. The molecule has 7 heteroatoms. The van der Waals surface area contributed by atoms with Crippen LogP contribution in [0, 0.1) is 0 Å². The van der Waals surface area contributed by atoms with Crippen molar-refractivity contribution in [2.24, 2.45) is 0 Å². The van der Waals surface area contributed by atoms with Gasteiger partial charge in [-0.05, 0) is 18.4 Å². The molecule has 4 nitrogen and oxygen atoms in total. The Morgan fingerprint density at radius 2 is 2.31 bits per heavy atom. The number of hydrogen-bond acceptors (Lipinski definition) is 4. The molecule has 0 aromatic carbocycles. The van der Waals surface area contributed by atoms with Gasteiger partial charge in [0.25, 0.3) is 0 Å². The predicted octanol–water partition coefficient (Wildman–Crippen LogP) is 1.76. The summed E-state index contributed by atoms with van der Waals surface area (Å²) in [6, 6.07) is 2.74. The number of rotatable bonds is 5. The van der Waals surface area contributed by atoms with Gasteiger partial charge in [-0.15, -0.1) is 0 Å². The number of thioether (sulfide) groups is 1. The molecule has 0 bridgehead atoms. The molecule has 1 aromatic rings. The number of nitrogens with one attached hydrogen (secondary N) is 1. The van der Waals surface area contributed by atoms with E-state index in [4.69, 9.17) is 11.6 Å². The molecule has 1 rings (SSSR count). The molecule has 0 aliphatic rings. The van der Waals surface area contributed by atoms with Crippen molar-refractivity contribution in [2.45, 2.75) is 17.1 Å². The van der Waals surface area contributed by atoms with Gasteiger partial charge in [0.2, 0.25) is 10.0 Å². The van der Waals surface area contributed by atoms with Crippen LogP contribution in [-0.2, 0) is 10.0 Å². The normalized spacial score (nSPS) is 13.7. The Hall–Kier alpha value is -0.300. The number of pyridine rings is 1. The number of aromatic nitrogens is 1. The third-order valence-corrected chi connectivity index (χ3v) is 4.57. The molecule has 1 atom stereocenters. The standard InChI is InChI=1S/C9H13ClN2O2S2/c1-7(15-2)6-12-16(13,14)8-3-4-11-9(10)5-8/h3-5,7,12H,6H2,1-2H3. The molecule has 1 N–H and O–H groups in total. The first kappa shape index (κ1) is 13.8. The summed E-state index contributed by atoms with van der Waals surface area (Å²) in [7, 11) is -3.48. The van der Waals surface area contributed by atoms with Crippen LogP contribution in [0.3, 0.4) is 0 Å². The molecule has 0 saturated carbocycles. The topological polar surface area (TPSA) is 59.1 Å². The van der Waals surface area contributed by atoms with Crippen molar-refractivity contribution in [3.05, 3.63) is 23.5 Å². The van der Waals surface area contributed by atoms with Gasteiger partial charge in [0.15, 0.2) is 0 Å². The Kier molecular flexibility index (Phi) is 5.04. The summed E-state index contributed by atoms with van der Waals surface area (Å²) in [5.74, 6) is 0. The maximum Gasteiger partial charge on any atom is 0.240 e. The first-order valence-electron chi connectivity index (χ1n) is 4.59. The first-order chi connectivity index (χ1) is 7.45. The maximum absolute atomic E-state index is 11.8. The summed E-state index contributed by atoms with van der Waals surface area (Å²) in [4.78, 5) is 3.87. The second kappa shape index (κ2) is 5.86. The molecule has 1 heterocycles. The summed E-state index contributed by atoms with van der Waals surface area (Å²) in [5.41, 5.74) is 0. The largest absolute Gasteiger partial charge is 0.244 e. The van der Waals surface area contributed by atoms with Gasteiger partial charge >= 0.3 is 0 Å². The zero-order valence-electron chi connectivity index (χ0n) is 8.97. The van der Waals surface area contributed by atoms with E-state index in [1.54, 1.807) is 11.8 Å². The lowest BCUT2D eigenvalue weighted by Crippen LogP contribution is -2.29. The molecular weight excluding hydrogens is 268 g/mol. The third-order valence-electron chi connectivity index (χ3n) is 1.97. The molecule has 0 aliphatic carbocycles. The van der Waals surface area contributed by atoms with E-state index in [0.29, 0.717) is 6.54 Å². The average molecular weight is 281 g/mol. The van der Waals surface area contributed by atoms with Gasteiger partial charge in [-0.1, -0.05) is 18.5 Å². The molecule has 0 amide bonds. The summed E-state index contributed by atoms with van der Waals surface area (Å²) in [5, 5.41) is 0.396. The van der Waals surface area contributed by atoms with Gasteiger partial charge in [0, 0.05) is 18.0 Å². The van der Waals surface area contributed by atoms with Crippen molar-refractivity contribution in [2.75, 3.05) is 12.8 Å². The van der Waals surface area contributed by atoms with Crippen LogP contribution in [0.25, 0.3) is 0 Å². The van der Waals surface area contributed by atoms with Crippen LogP contribution < -0.4 is 4.72 Å². The Bertz CT molecular complexity index is 451. The molecule has 1 unspecified atom stereocenters. The quantitative estimate of drug-likeness (QED) is 0.835. The second-order valence-corrected chi connectivity index (χ2v) is 6.64. The summed E-state index contributed by atoms with van der Waals surface area (Å²) < 4.78 is 26.1. The van der Waals surface area contributed by atoms with Crippen molar-refractivity contribution >= 4 is 33.4 Å². The van der Waals surface area contributed by atoms with E-state index in [2.05, 4.69) is 9.71 Å². The molecule has 0 fully saturated rings. The fourth-order valence-electron chi connectivity index (χ4n) is 0.946. The Balaban J connectivity index is 2.78. The molecule has 0 aliphatic heterocycles. The minimum Gasteiger partial charge on any atom is -0.244 e. The van der Waals surface area contributed by atoms with E-state index >= 15 is 0 Å². The number of nitrogens with zero attached hydrogens (tertiary/aromatic N) is 1. The Morgan fingerprint density at radius 3 is 2.88 bits per heavy atom. The van der Waals surface area contributed by atoms with Crippen LogP contribution in [0.1, 0.15) is 6.92 Å². The van der Waals surface area contributed by atoms with E-state index < -0.39 is 10.0 Å². The van der Waals surface area contributed by atoms with E-state index in [1.807, 2.05) is 13.2 Å². The van der Waals surface area contributed by atoms with E-state index in [9.17, 15) is 8.42 Å². The van der Waals surface area contributed by atoms with Crippen molar-refractivity contribution in [1.82, 2.24) is 9.71 Å². The minimum atomic E-state index is -3.48. The van der Waals surface area contributed by atoms with Crippen molar-refractivity contribution in [3.8, 4) is 0 Å². The number of hydrogen-bond donors (Lipinski definition) is 1. The van der Waals surface area contributed by atoms with Crippen molar-refractivity contribution in [3.63, 3.8) is 0 Å². The minimum absolute atomic E-state index is 0.140. The van der Waals surface area contributed by atoms with Crippen LogP contribution in [-0.4, -0.2) is 31.5 Å². The monoisotopic (exact) mass is 280 g/mol.